The first-order valence-electron chi connectivity index (χ1n) is 9.79. The Labute approximate surface area is 176 Å². The highest BCUT2D eigenvalue weighted by molar-refractivity contribution is 5.77. The summed E-state index contributed by atoms with van der Waals surface area (Å²) in [6.45, 7) is 6.48. The molecule has 0 amide bonds. The van der Waals surface area contributed by atoms with Crippen molar-refractivity contribution >= 4 is 11.0 Å². The van der Waals surface area contributed by atoms with Crippen molar-refractivity contribution in [3.05, 3.63) is 84.2 Å². The highest BCUT2D eigenvalue weighted by Gasteiger charge is 2.31. The van der Waals surface area contributed by atoms with Gasteiger partial charge in [0.2, 0.25) is 0 Å². The Hall–Kier alpha value is -3.42. The highest BCUT2D eigenvalue weighted by atomic mass is 19.4. The van der Waals surface area contributed by atoms with Gasteiger partial charge in [0.15, 0.2) is 0 Å². The van der Waals surface area contributed by atoms with Crippen molar-refractivity contribution in [2.24, 2.45) is 0 Å². The molecular formula is C23H20F4N4. The molecular weight excluding hydrogens is 408 g/mol. The summed E-state index contributed by atoms with van der Waals surface area (Å²) in [5.74, 6) is 0.776. The van der Waals surface area contributed by atoms with E-state index in [0.29, 0.717) is 35.7 Å². The largest absolute Gasteiger partial charge is 0.416 e. The van der Waals surface area contributed by atoms with E-state index in [0.717, 1.165) is 17.7 Å². The Balaban J connectivity index is 1.78. The van der Waals surface area contributed by atoms with E-state index in [2.05, 4.69) is 16.5 Å². The normalized spacial score (nSPS) is 11.9. The monoisotopic (exact) mass is 428 g/mol. The molecule has 8 heteroatoms. The van der Waals surface area contributed by atoms with Crippen LogP contribution in [-0.4, -0.2) is 19.1 Å². The molecule has 4 rings (SSSR count). The minimum Gasteiger partial charge on any atom is -0.327 e. The number of nitrogens with zero attached hydrogens (tertiary/aromatic N) is 4. The average molecular weight is 428 g/mol. The molecule has 0 aliphatic heterocycles. The van der Waals surface area contributed by atoms with Crippen LogP contribution in [0.4, 0.5) is 17.6 Å². The fraction of sp³-hybridized carbons (Fsp3) is 0.217. The average Bonchev–Trinajstić information content (AvgIpc) is 3.32. The smallest absolute Gasteiger partial charge is 0.327 e. The van der Waals surface area contributed by atoms with E-state index >= 15 is 0 Å². The summed E-state index contributed by atoms with van der Waals surface area (Å²) >= 11 is 0. The first kappa shape index (κ1) is 20.8. The van der Waals surface area contributed by atoms with E-state index in [1.807, 2.05) is 16.1 Å². The van der Waals surface area contributed by atoms with Crippen LogP contribution < -0.4 is 0 Å². The predicted octanol–water partition coefficient (Wildman–Crippen LogP) is 5.85. The van der Waals surface area contributed by atoms with Gasteiger partial charge in [0, 0.05) is 24.5 Å². The molecule has 0 unspecified atom stereocenters. The quantitative estimate of drug-likeness (QED) is 0.285. The van der Waals surface area contributed by atoms with Crippen LogP contribution in [0, 0.1) is 5.82 Å². The number of aromatic nitrogens is 4. The van der Waals surface area contributed by atoms with Crippen LogP contribution in [0.1, 0.15) is 23.9 Å². The van der Waals surface area contributed by atoms with E-state index in [-0.39, 0.29) is 17.9 Å². The number of rotatable bonds is 6. The molecule has 0 aliphatic carbocycles. The van der Waals surface area contributed by atoms with Crippen molar-refractivity contribution in [2.45, 2.75) is 32.6 Å². The van der Waals surface area contributed by atoms with E-state index in [4.69, 9.17) is 0 Å². The molecule has 0 saturated carbocycles. The third kappa shape index (κ3) is 3.97. The molecule has 0 atom stereocenters. The van der Waals surface area contributed by atoms with Gasteiger partial charge in [-0.2, -0.15) is 13.2 Å². The Morgan fingerprint density at radius 3 is 2.65 bits per heavy atom. The first-order valence-corrected chi connectivity index (χ1v) is 9.79. The Morgan fingerprint density at radius 1 is 1.13 bits per heavy atom. The zero-order chi connectivity index (χ0) is 22.2. The van der Waals surface area contributed by atoms with Crippen LogP contribution in [0.15, 0.2) is 61.4 Å². The van der Waals surface area contributed by atoms with Crippen LogP contribution >= 0.6 is 0 Å². The number of allylic oxidation sites excluding steroid dienone is 1. The zero-order valence-electron chi connectivity index (χ0n) is 16.8. The SMILES string of the molecule is C=CCc1ccc(F)cc1-c1nccn1Cc1nc2cc(C(F)(F)F)ccc2n1CC. The van der Waals surface area contributed by atoms with Crippen molar-refractivity contribution in [2.75, 3.05) is 0 Å². The summed E-state index contributed by atoms with van der Waals surface area (Å²) in [6, 6.07) is 8.10. The van der Waals surface area contributed by atoms with Gasteiger partial charge in [0.25, 0.3) is 0 Å². The number of fused-ring (bicyclic) bond motifs is 1. The van der Waals surface area contributed by atoms with Crippen molar-refractivity contribution in [1.29, 1.82) is 0 Å². The maximum atomic E-state index is 14.0. The summed E-state index contributed by atoms with van der Waals surface area (Å²) in [5, 5.41) is 0. The molecule has 0 N–H and O–H groups in total. The van der Waals surface area contributed by atoms with Gasteiger partial charge in [-0.1, -0.05) is 12.1 Å². The van der Waals surface area contributed by atoms with Gasteiger partial charge in [-0.3, -0.25) is 0 Å². The molecule has 0 bridgehead atoms. The number of aryl methyl sites for hydroxylation is 1. The van der Waals surface area contributed by atoms with Crippen molar-refractivity contribution in [1.82, 2.24) is 19.1 Å². The molecule has 0 radical (unpaired) electrons. The predicted molar refractivity (Wildman–Crippen MR) is 111 cm³/mol. The Kier molecular flexibility index (Phi) is 5.39. The molecule has 0 saturated heterocycles. The maximum absolute atomic E-state index is 14.0. The number of hydrogen-bond acceptors (Lipinski definition) is 2. The molecule has 2 heterocycles. The van der Waals surface area contributed by atoms with Crippen molar-refractivity contribution in [3.8, 4) is 11.4 Å². The van der Waals surface area contributed by atoms with Gasteiger partial charge >= 0.3 is 6.18 Å². The molecule has 4 nitrogen and oxygen atoms in total. The lowest BCUT2D eigenvalue weighted by Gasteiger charge is -2.12. The molecule has 0 spiro atoms. The van der Waals surface area contributed by atoms with E-state index < -0.39 is 11.7 Å². The summed E-state index contributed by atoms with van der Waals surface area (Å²) in [4.78, 5) is 8.87. The van der Waals surface area contributed by atoms with Gasteiger partial charge in [0.05, 0.1) is 23.1 Å². The molecule has 160 valence electrons. The minimum atomic E-state index is -4.43. The number of halogens is 4. The van der Waals surface area contributed by atoms with Gasteiger partial charge in [-0.05, 0) is 49.2 Å². The van der Waals surface area contributed by atoms with E-state index in [9.17, 15) is 17.6 Å². The lowest BCUT2D eigenvalue weighted by Crippen LogP contribution is -2.09. The van der Waals surface area contributed by atoms with E-state index in [1.165, 1.54) is 18.2 Å². The third-order valence-corrected chi connectivity index (χ3v) is 5.18. The topological polar surface area (TPSA) is 35.6 Å². The summed E-state index contributed by atoms with van der Waals surface area (Å²) in [6.07, 6.45) is 1.22. The fourth-order valence-electron chi connectivity index (χ4n) is 3.75. The van der Waals surface area contributed by atoms with E-state index in [1.54, 1.807) is 24.5 Å². The molecule has 4 aromatic rings. The molecule has 31 heavy (non-hydrogen) atoms. The molecule has 0 fully saturated rings. The highest BCUT2D eigenvalue weighted by Crippen LogP contribution is 2.32. The van der Waals surface area contributed by atoms with Crippen LogP contribution in [0.3, 0.4) is 0 Å². The lowest BCUT2D eigenvalue weighted by molar-refractivity contribution is -0.137. The van der Waals surface area contributed by atoms with Crippen molar-refractivity contribution in [3.63, 3.8) is 0 Å². The summed E-state index contributed by atoms with van der Waals surface area (Å²) in [5.41, 5.74) is 1.70. The molecule has 2 aromatic heterocycles. The Bertz CT molecular complexity index is 1250. The standard InChI is InChI=1S/C23H20F4N4/c1-3-5-15-6-8-17(24)13-18(15)22-28-10-11-30(22)14-21-29-19-12-16(23(25,26)27)7-9-20(19)31(21)4-2/h3,6-13H,1,4-5,14H2,2H3. The third-order valence-electron chi connectivity index (χ3n) is 5.18. The fourth-order valence-corrected chi connectivity index (χ4v) is 3.75. The summed E-state index contributed by atoms with van der Waals surface area (Å²) < 4.78 is 56.9. The second-order valence-electron chi connectivity index (χ2n) is 7.15. The zero-order valence-corrected chi connectivity index (χ0v) is 16.8. The number of hydrogen-bond donors (Lipinski definition) is 0. The Morgan fingerprint density at radius 2 is 1.94 bits per heavy atom. The molecule has 0 aliphatic rings. The maximum Gasteiger partial charge on any atom is 0.416 e. The van der Waals surface area contributed by atoms with Gasteiger partial charge in [-0.15, -0.1) is 6.58 Å². The van der Waals surface area contributed by atoms with Crippen LogP contribution in [0.2, 0.25) is 0 Å². The summed E-state index contributed by atoms with van der Waals surface area (Å²) in [7, 11) is 0. The second kappa shape index (κ2) is 8.02. The minimum absolute atomic E-state index is 0.281. The number of alkyl halides is 3. The van der Waals surface area contributed by atoms with Gasteiger partial charge < -0.3 is 9.13 Å². The number of benzene rings is 2. The van der Waals surface area contributed by atoms with Crippen LogP contribution in [-0.2, 0) is 25.7 Å². The van der Waals surface area contributed by atoms with Crippen molar-refractivity contribution < 1.29 is 17.6 Å². The van der Waals surface area contributed by atoms with Crippen LogP contribution in [0.5, 0.6) is 0 Å². The van der Waals surface area contributed by atoms with Gasteiger partial charge in [-0.25, -0.2) is 14.4 Å². The lowest BCUT2D eigenvalue weighted by atomic mass is 10.0. The molecule has 2 aromatic carbocycles. The number of imidazole rings is 2. The second-order valence-corrected chi connectivity index (χ2v) is 7.15. The van der Waals surface area contributed by atoms with Gasteiger partial charge in [0.1, 0.15) is 17.5 Å². The first-order chi connectivity index (χ1) is 14.8. The van der Waals surface area contributed by atoms with Crippen LogP contribution in [0.25, 0.3) is 22.4 Å².